The molecule has 2 aromatic rings. The summed E-state index contributed by atoms with van der Waals surface area (Å²) in [5.41, 5.74) is 1.13. The second kappa shape index (κ2) is 3.89. The third-order valence-corrected chi connectivity index (χ3v) is 2.65. The van der Waals surface area contributed by atoms with E-state index in [1.54, 1.807) is 0 Å². The molecule has 0 bridgehead atoms. The van der Waals surface area contributed by atoms with Crippen molar-refractivity contribution in [3.05, 3.63) is 36.5 Å². The van der Waals surface area contributed by atoms with Crippen LogP contribution in [0.2, 0.25) is 0 Å². The monoisotopic (exact) mass is 201 g/mol. The summed E-state index contributed by atoms with van der Waals surface area (Å²) in [6.45, 7) is 4.35. The Balaban J connectivity index is 2.33. The van der Waals surface area contributed by atoms with E-state index in [4.69, 9.17) is 0 Å². The lowest BCUT2D eigenvalue weighted by atomic mass is 10.1. The first kappa shape index (κ1) is 9.97. The molecular formula is C13H15NO. The van der Waals surface area contributed by atoms with Gasteiger partial charge in [0.05, 0.1) is 6.54 Å². The number of hydrogen-bond donors (Lipinski definition) is 0. The molecule has 0 saturated heterocycles. The van der Waals surface area contributed by atoms with Crippen LogP contribution in [0.25, 0.3) is 10.9 Å². The molecule has 0 fully saturated rings. The number of rotatable bonds is 3. The van der Waals surface area contributed by atoms with Crippen LogP contribution in [0.4, 0.5) is 0 Å². The number of para-hydroxylation sites is 1. The van der Waals surface area contributed by atoms with Gasteiger partial charge in [0.1, 0.15) is 0 Å². The number of carbonyl (C=O) groups is 1. The minimum absolute atomic E-state index is 0.103. The molecule has 0 aliphatic carbocycles. The Hall–Kier alpha value is -1.57. The lowest BCUT2D eigenvalue weighted by molar-refractivity contribution is -0.122. The first-order valence-corrected chi connectivity index (χ1v) is 5.25. The molecule has 0 N–H and O–H groups in total. The van der Waals surface area contributed by atoms with Crippen LogP contribution < -0.4 is 0 Å². The zero-order valence-corrected chi connectivity index (χ0v) is 9.10. The third-order valence-electron chi connectivity index (χ3n) is 2.65. The van der Waals surface area contributed by atoms with Crippen molar-refractivity contribution in [3.63, 3.8) is 0 Å². The van der Waals surface area contributed by atoms with Gasteiger partial charge in [0.25, 0.3) is 0 Å². The van der Waals surface area contributed by atoms with Crippen molar-refractivity contribution in [1.82, 2.24) is 4.57 Å². The van der Waals surface area contributed by atoms with Crippen molar-refractivity contribution in [2.24, 2.45) is 5.92 Å². The van der Waals surface area contributed by atoms with Crippen LogP contribution in [0, 0.1) is 5.92 Å². The van der Waals surface area contributed by atoms with E-state index in [-0.39, 0.29) is 11.7 Å². The second-order valence-corrected chi connectivity index (χ2v) is 4.12. The van der Waals surface area contributed by atoms with Crippen LogP contribution in [0.3, 0.4) is 0 Å². The Bertz CT molecular complexity index is 482. The van der Waals surface area contributed by atoms with Gasteiger partial charge >= 0.3 is 0 Å². The predicted molar refractivity (Wildman–Crippen MR) is 61.8 cm³/mol. The summed E-state index contributed by atoms with van der Waals surface area (Å²) in [5.74, 6) is 0.377. The molecule has 0 aliphatic heterocycles. The van der Waals surface area contributed by atoms with Crippen molar-refractivity contribution < 1.29 is 4.79 Å². The summed E-state index contributed by atoms with van der Waals surface area (Å²) in [5, 5.41) is 1.19. The van der Waals surface area contributed by atoms with Gasteiger partial charge in [-0.2, -0.15) is 0 Å². The summed E-state index contributed by atoms with van der Waals surface area (Å²) >= 11 is 0. The Labute approximate surface area is 89.5 Å². The van der Waals surface area contributed by atoms with Gasteiger partial charge in [0.2, 0.25) is 0 Å². The standard InChI is InChI=1S/C13H15NO/c1-10(2)13(15)9-14-8-7-11-5-3-4-6-12(11)14/h3-8,10H,9H2,1-2H3. The van der Waals surface area contributed by atoms with Gasteiger partial charge in [-0.15, -0.1) is 0 Å². The maximum Gasteiger partial charge on any atom is 0.155 e. The highest BCUT2D eigenvalue weighted by Gasteiger charge is 2.09. The molecule has 15 heavy (non-hydrogen) atoms. The second-order valence-electron chi connectivity index (χ2n) is 4.12. The molecule has 0 atom stereocenters. The number of fused-ring (bicyclic) bond motifs is 1. The van der Waals surface area contributed by atoms with Gasteiger partial charge in [0.15, 0.2) is 5.78 Å². The van der Waals surface area contributed by atoms with E-state index in [0.29, 0.717) is 6.54 Å². The van der Waals surface area contributed by atoms with E-state index in [1.807, 2.05) is 48.9 Å². The fourth-order valence-electron chi connectivity index (χ4n) is 1.63. The highest BCUT2D eigenvalue weighted by Crippen LogP contribution is 2.15. The van der Waals surface area contributed by atoms with Crippen molar-refractivity contribution in [2.75, 3.05) is 0 Å². The Morgan fingerprint density at radius 3 is 2.73 bits per heavy atom. The van der Waals surface area contributed by atoms with Crippen molar-refractivity contribution in [3.8, 4) is 0 Å². The average molecular weight is 201 g/mol. The number of hydrogen-bond acceptors (Lipinski definition) is 1. The van der Waals surface area contributed by atoms with E-state index >= 15 is 0 Å². The van der Waals surface area contributed by atoms with Gasteiger partial charge in [-0.25, -0.2) is 0 Å². The normalized spacial score (nSPS) is 11.1. The van der Waals surface area contributed by atoms with E-state index in [2.05, 4.69) is 6.07 Å². The van der Waals surface area contributed by atoms with Crippen LogP contribution in [-0.2, 0) is 11.3 Å². The van der Waals surface area contributed by atoms with E-state index < -0.39 is 0 Å². The molecule has 78 valence electrons. The summed E-state index contributed by atoms with van der Waals surface area (Å²) in [4.78, 5) is 11.6. The Morgan fingerprint density at radius 1 is 1.27 bits per heavy atom. The number of ketones is 1. The highest BCUT2D eigenvalue weighted by molar-refractivity contribution is 5.84. The summed E-state index contributed by atoms with van der Waals surface area (Å²) in [7, 11) is 0. The van der Waals surface area contributed by atoms with Crippen molar-refractivity contribution >= 4 is 16.7 Å². The lowest BCUT2D eigenvalue weighted by Crippen LogP contribution is -2.14. The van der Waals surface area contributed by atoms with Crippen LogP contribution in [0.5, 0.6) is 0 Å². The SMILES string of the molecule is CC(C)C(=O)Cn1ccc2ccccc21. The molecule has 1 aromatic carbocycles. The predicted octanol–water partition coefficient (Wildman–Crippen LogP) is 2.87. The summed E-state index contributed by atoms with van der Waals surface area (Å²) in [6.07, 6.45) is 1.98. The first-order chi connectivity index (χ1) is 7.18. The smallest absolute Gasteiger partial charge is 0.155 e. The number of aromatic nitrogens is 1. The number of Topliss-reactive ketones (excluding diaryl/α,β-unsaturated/α-hetero) is 1. The van der Waals surface area contributed by atoms with Gasteiger partial charge < -0.3 is 4.57 Å². The minimum Gasteiger partial charge on any atom is -0.340 e. The van der Waals surface area contributed by atoms with Crippen molar-refractivity contribution in [1.29, 1.82) is 0 Å². The molecule has 0 radical (unpaired) electrons. The number of carbonyl (C=O) groups excluding carboxylic acids is 1. The fraction of sp³-hybridized carbons (Fsp3) is 0.308. The minimum atomic E-state index is 0.103. The van der Waals surface area contributed by atoms with Gasteiger partial charge in [-0.05, 0) is 17.5 Å². The van der Waals surface area contributed by atoms with Crippen LogP contribution in [-0.4, -0.2) is 10.4 Å². The molecule has 0 saturated carbocycles. The molecule has 2 heteroatoms. The highest BCUT2D eigenvalue weighted by atomic mass is 16.1. The average Bonchev–Trinajstić information content (AvgIpc) is 2.62. The maximum atomic E-state index is 11.6. The molecule has 0 unspecified atom stereocenters. The van der Waals surface area contributed by atoms with Crippen LogP contribution >= 0.6 is 0 Å². The zero-order chi connectivity index (χ0) is 10.8. The molecule has 0 spiro atoms. The molecule has 1 aromatic heterocycles. The van der Waals surface area contributed by atoms with Crippen LogP contribution in [0.1, 0.15) is 13.8 Å². The molecule has 1 heterocycles. The number of nitrogens with zero attached hydrogens (tertiary/aromatic N) is 1. The first-order valence-electron chi connectivity index (χ1n) is 5.25. The van der Waals surface area contributed by atoms with Gasteiger partial charge in [0, 0.05) is 17.6 Å². The molecule has 0 amide bonds. The molecule has 2 nitrogen and oxygen atoms in total. The maximum absolute atomic E-state index is 11.6. The van der Waals surface area contributed by atoms with Crippen molar-refractivity contribution in [2.45, 2.75) is 20.4 Å². The van der Waals surface area contributed by atoms with E-state index in [9.17, 15) is 4.79 Å². The molecule has 2 rings (SSSR count). The Kier molecular flexibility index (Phi) is 2.58. The Morgan fingerprint density at radius 2 is 2.00 bits per heavy atom. The summed E-state index contributed by atoms with van der Waals surface area (Å²) in [6, 6.07) is 10.2. The van der Waals surface area contributed by atoms with E-state index in [0.717, 1.165) is 5.52 Å². The quantitative estimate of drug-likeness (QED) is 0.748. The largest absolute Gasteiger partial charge is 0.340 e. The van der Waals surface area contributed by atoms with Gasteiger partial charge in [-0.3, -0.25) is 4.79 Å². The van der Waals surface area contributed by atoms with E-state index in [1.165, 1.54) is 5.39 Å². The third kappa shape index (κ3) is 1.94. The topological polar surface area (TPSA) is 22.0 Å². The molecule has 0 aliphatic rings. The fourth-order valence-corrected chi connectivity index (χ4v) is 1.63. The summed E-state index contributed by atoms with van der Waals surface area (Å²) < 4.78 is 2.01. The lowest BCUT2D eigenvalue weighted by Gasteiger charge is -2.06. The van der Waals surface area contributed by atoms with Crippen LogP contribution in [0.15, 0.2) is 36.5 Å². The van der Waals surface area contributed by atoms with Gasteiger partial charge in [-0.1, -0.05) is 32.0 Å². The molecular weight excluding hydrogens is 186 g/mol. The number of benzene rings is 1. The zero-order valence-electron chi connectivity index (χ0n) is 9.10.